The quantitative estimate of drug-likeness (QED) is 0.879. The van der Waals surface area contributed by atoms with E-state index in [1.165, 1.54) is 4.68 Å². The van der Waals surface area contributed by atoms with E-state index in [0.29, 0.717) is 32.0 Å². The first-order chi connectivity index (χ1) is 9.12. The largest absolute Gasteiger partial charge is 0.379 e. The number of aryl methyl sites for hydroxylation is 1. The van der Waals surface area contributed by atoms with Crippen LogP contribution in [0.25, 0.3) is 0 Å². The predicted octanol–water partition coefficient (Wildman–Crippen LogP) is 1.13. The van der Waals surface area contributed by atoms with Crippen LogP contribution in [0.15, 0.2) is 11.0 Å². The Kier molecular flexibility index (Phi) is 4.44. The Balaban J connectivity index is 2.12. The normalized spacial score (nSPS) is 22.7. The molecular formula is C12H18ClN3O3. The number of aromatic nitrogens is 2. The lowest BCUT2D eigenvalue weighted by atomic mass is 10.0. The van der Waals surface area contributed by atoms with E-state index < -0.39 is 0 Å². The molecule has 1 unspecified atom stereocenters. The maximum Gasteiger partial charge on any atom is 0.287 e. The predicted molar refractivity (Wildman–Crippen MR) is 72.8 cm³/mol. The van der Waals surface area contributed by atoms with Crippen LogP contribution in [0.1, 0.15) is 13.3 Å². The van der Waals surface area contributed by atoms with Crippen molar-refractivity contribution in [3.8, 4) is 0 Å². The summed E-state index contributed by atoms with van der Waals surface area (Å²) in [5.41, 5.74) is -0.119. The van der Waals surface area contributed by atoms with Gasteiger partial charge in [0.1, 0.15) is 10.6 Å². The van der Waals surface area contributed by atoms with Gasteiger partial charge in [-0.2, -0.15) is 5.10 Å². The summed E-state index contributed by atoms with van der Waals surface area (Å²) in [6.45, 7) is 4.08. The number of methoxy groups -OCH3 is 1. The zero-order chi connectivity index (χ0) is 13.9. The van der Waals surface area contributed by atoms with E-state index in [1.54, 1.807) is 13.3 Å². The van der Waals surface area contributed by atoms with Gasteiger partial charge in [0.25, 0.3) is 5.56 Å². The number of nitrogens with one attached hydrogen (secondary N) is 1. The summed E-state index contributed by atoms with van der Waals surface area (Å²) in [5.74, 6) is 0. The van der Waals surface area contributed by atoms with Crippen LogP contribution in [0, 0.1) is 0 Å². The molecule has 1 saturated heterocycles. The smallest absolute Gasteiger partial charge is 0.287 e. The molecule has 1 aromatic heterocycles. The summed E-state index contributed by atoms with van der Waals surface area (Å²) in [4.78, 5) is 11.8. The molecule has 106 valence electrons. The molecule has 19 heavy (non-hydrogen) atoms. The van der Waals surface area contributed by atoms with E-state index in [9.17, 15) is 4.79 Å². The molecule has 1 fully saturated rings. The lowest BCUT2D eigenvalue weighted by molar-refractivity contribution is -0.00620. The van der Waals surface area contributed by atoms with Crippen molar-refractivity contribution in [2.75, 3.05) is 32.2 Å². The minimum atomic E-state index is -0.358. The number of rotatable bonds is 5. The number of halogens is 1. The fourth-order valence-corrected chi connectivity index (χ4v) is 2.24. The lowest BCUT2D eigenvalue weighted by Crippen LogP contribution is -2.40. The number of hydrogen-bond acceptors (Lipinski definition) is 5. The highest BCUT2D eigenvalue weighted by Gasteiger charge is 2.34. The molecule has 2 heterocycles. The maximum atomic E-state index is 11.8. The van der Waals surface area contributed by atoms with Gasteiger partial charge in [0.05, 0.1) is 18.5 Å². The zero-order valence-corrected chi connectivity index (χ0v) is 11.9. The van der Waals surface area contributed by atoms with Gasteiger partial charge in [0.2, 0.25) is 0 Å². The van der Waals surface area contributed by atoms with Crippen LogP contribution in [-0.4, -0.2) is 42.2 Å². The van der Waals surface area contributed by atoms with Crippen LogP contribution in [0.3, 0.4) is 0 Å². The Labute approximate surface area is 116 Å². The average molecular weight is 288 g/mol. The van der Waals surface area contributed by atoms with Crippen LogP contribution < -0.4 is 10.9 Å². The Morgan fingerprint density at radius 1 is 1.68 bits per heavy atom. The third kappa shape index (κ3) is 2.91. The van der Waals surface area contributed by atoms with Gasteiger partial charge in [-0.15, -0.1) is 0 Å². The summed E-state index contributed by atoms with van der Waals surface area (Å²) in [5, 5.41) is 7.32. The molecule has 0 radical (unpaired) electrons. The van der Waals surface area contributed by atoms with Crippen molar-refractivity contribution in [3.63, 3.8) is 0 Å². The van der Waals surface area contributed by atoms with Crippen LogP contribution in [0.4, 0.5) is 5.69 Å². The monoisotopic (exact) mass is 287 g/mol. The Bertz CT molecular complexity index is 497. The molecular weight excluding hydrogens is 270 g/mol. The Morgan fingerprint density at radius 3 is 3.05 bits per heavy atom. The minimum absolute atomic E-state index is 0.155. The molecule has 0 aliphatic carbocycles. The van der Waals surface area contributed by atoms with Crippen LogP contribution >= 0.6 is 11.6 Å². The van der Waals surface area contributed by atoms with E-state index in [4.69, 9.17) is 21.1 Å². The summed E-state index contributed by atoms with van der Waals surface area (Å²) < 4.78 is 12.2. The molecule has 0 aromatic carbocycles. The number of ether oxygens (including phenoxy) is 2. The van der Waals surface area contributed by atoms with Crippen LogP contribution in [0.2, 0.25) is 5.02 Å². The highest BCUT2D eigenvalue weighted by atomic mass is 35.5. The summed E-state index contributed by atoms with van der Waals surface area (Å²) in [7, 11) is 1.66. The molecule has 0 amide bonds. The minimum Gasteiger partial charge on any atom is -0.379 e. The Hall–Kier alpha value is -1.11. The number of hydrogen-bond donors (Lipinski definition) is 1. The molecule has 0 saturated carbocycles. The second-order valence-corrected chi connectivity index (χ2v) is 4.91. The molecule has 1 N–H and O–H groups in total. The number of anilines is 1. The third-order valence-corrected chi connectivity index (χ3v) is 3.75. The van der Waals surface area contributed by atoms with Crippen molar-refractivity contribution >= 4 is 17.3 Å². The lowest BCUT2D eigenvalue weighted by Gasteiger charge is -2.26. The third-order valence-electron chi connectivity index (χ3n) is 3.39. The van der Waals surface area contributed by atoms with Gasteiger partial charge in [0, 0.05) is 33.2 Å². The molecule has 1 aliphatic rings. The van der Waals surface area contributed by atoms with Gasteiger partial charge in [-0.05, 0) is 6.92 Å². The standard InChI is InChI=1S/C12H18ClN3O3/c1-3-16-11(17)10(13)9(6-15-16)14-7-12(18-2)4-5-19-8-12/h6,14H,3-5,7-8H2,1-2H3. The topological polar surface area (TPSA) is 65.4 Å². The fourth-order valence-electron chi connectivity index (χ4n) is 2.03. The average Bonchev–Trinajstić information content (AvgIpc) is 2.90. The van der Waals surface area contributed by atoms with Crippen molar-refractivity contribution in [1.29, 1.82) is 0 Å². The van der Waals surface area contributed by atoms with Crippen molar-refractivity contribution < 1.29 is 9.47 Å². The van der Waals surface area contributed by atoms with E-state index >= 15 is 0 Å². The van der Waals surface area contributed by atoms with Crippen LogP contribution in [-0.2, 0) is 16.0 Å². The van der Waals surface area contributed by atoms with E-state index in [2.05, 4.69) is 10.4 Å². The van der Waals surface area contributed by atoms with Gasteiger partial charge >= 0.3 is 0 Å². The van der Waals surface area contributed by atoms with E-state index in [1.807, 2.05) is 6.92 Å². The number of nitrogens with zero attached hydrogens (tertiary/aromatic N) is 2. The van der Waals surface area contributed by atoms with Crippen molar-refractivity contribution in [3.05, 3.63) is 21.6 Å². The highest BCUT2D eigenvalue weighted by molar-refractivity contribution is 6.32. The zero-order valence-electron chi connectivity index (χ0n) is 11.1. The van der Waals surface area contributed by atoms with Gasteiger partial charge < -0.3 is 14.8 Å². The summed E-state index contributed by atoms with van der Waals surface area (Å²) in [6.07, 6.45) is 2.37. The second kappa shape index (κ2) is 5.90. The summed E-state index contributed by atoms with van der Waals surface area (Å²) in [6, 6.07) is 0. The molecule has 0 spiro atoms. The first-order valence-electron chi connectivity index (χ1n) is 6.24. The SMILES string of the molecule is CCn1ncc(NCC2(OC)CCOC2)c(Cl)c1=O. The second-order valence-electron chi connectivity index (χ2n) is 4.54. The van der Waals surface area contributed by atoms with Crippen LogP contribution in [0.5, 0.6) is 0 Å². The molecule has 6 nitrogen and oxygen atoms in total. The molecule has 2 rings (SSSR count). The van der Waals surface area contributed by atoms with E-state index in [-0.39, 0.29) is 16.2 Å². The maximum absolute atomic E-state index is 11.8. The van der Waals surface area contributed by atoms with Gasteiger partial charge in [-0.25, -0.2) is 4.68 Å². The fraction of sp³-hybridized carbons (Fsp3) is 0.667. The van der Waals surface area contributed by atoms with Gasteiger partial charge in [-0.3, -0.25) is 4.79 Å². The summed E-state index contributed by atoms with van der Waals surface area (Å²) >= 11 is 6.04. The van der Waals surface area contributed by atoms with E-state index in [0.717, 1.165) is 6.42 Å². The molecule has 1 aromatic rings. The molecule has 7 heteroatoms. The van der Waals surface area contributed by atoms with Crippen molar-refractivity contribution in [2.45, 2.75) is 25.5 Å². The molecule has 1 aliphatic heterocycles. The molecule has 1 atom stereocenters. The Morgan fingerprint density at radius 2 is 2.47 bits per heavy atom. The first kappa shape index (κ1) is 14.3. The molecule has 0 bridgehead atoms. The van der Waals surface area contributed by atoms with Crippen molar-refractivity contribution in [2.24, 2.45) is 0 Å². The first-order valence-corrected chi connectivity index (χ1v) is 6.62. The van der Waals surface area contributed by atoms with Gasteiger partial charge in [0.15, 0.2) is 0 Å². The van der Waals surface area contributed by atoms with Crippen molar-refractivity contribution in [1.82, 2.24) is 9.78 Å². The van der Waals surface area contributed by atoms with Gasteiger partial charge in [-0.1, -0.05) is 11.6 Å². The highest BCUT2D eigenvalue weighted by Crippen LogP contribution is 2.24.